The van der Waals surface area contributed by atoms with Crippen molar-refractivity contribution in [3.8, 4) is 11.5 Å². The van der Waals surface area contributed by atoms with Gasteiger partial charge in [-0.2, -0.15) is 0 Å². The first-order valence-corrected chi connectivity index (χ1v) is 9.35. The molecule has 0 unspecified atom stereocenters. The number of hydrogen-bond acceptors (Lipinski definition) is 5. The van der Waals surface area contributed by atoms with Gasteiger partial charge in [0.2, 0.25) is 5.91 Å². The Bertz CT molecular complexity index is 935. The number of benzene rings is 2. The zero-order valence-corrected chi connectivity index (χ0v) is 15.5. The molecule has 1 aromatic heterocycles. The van der Waals surface area contributed by atoms with Gasteiger partial charge in [-0.05, 0) is 48.6 Å². The molecule has 0 bridgehead atoms. The minimum atomic E-state index is -0.823. The average molecular weight is 410 g/mol. The van der Waals surface area contributed by atoms with E-state index in [2.05, 4.69) is 15.5 Å². The zero-order chi connectivity index (χ0) is 19.2. The number of nitrogens with zero attached hydrogens (tertiary/aromatic N) is 2. The minimum Gasteiger partial charge on any atom is -0.403 e. The van der Waals surface area contributed by atoms with Crippen molar-refractivity contribution in [1.82, 2.24) is 10.2 Å². The van der Waals surface area contributed by atoms with Crippen molar-refractivity contribution in [2.24, 2.45) is 0 Å². The lowest BCUT2D eigenvalue weighted by atomic mass is 10.2. The first-order chi connectivity index (χ1) is 13.0. The van der Waals surface area contributed by atoms with Crippen molar-refractivity contribution < 1.29 is 18.0 Å². The highest BCUT2D eigenvalue weighted by molar-refractivity contribution is 7.99. The molecule has 1 amide bonds. The summed E-state index contributed by atoms with van der Waals surface area (Å²) in [4.78, 5) is 13.0. The quantitative estimate of drug-likeness (QED) is 0.430. The molecule has 0 saturated heterocycles. The predicted molar refractivity (Wildman–Crippen MR) is 99.7 cm³/mol. The Morgan fingerprint density at radius 2 is 1.93 bits per heavy atom. The summed E-state index contributed by atoms with van der Waals surface area (Å²) in [7, 11) is 0. The number of carbonyl (C=O) groups is 1. The fourth-order valence-electron chi connectivity index (χ4n) is 2.18. The number of amides is 1. The topological polar surface area (TPSA) is 68.0 Å². The number of thioether (sulfide) groups is 1. The fourth-order valence-corrected chi connectivity index (χ4v) is 3.16. The number of anilines is 1. The standard InChI is InChI=1S/C18H14ClF2N3O2S/c19-11-3-6-13(7-4-11)27-9-1-2-16(25)22-18-24-23-17(26-18)14-8-5-12(20)10-15(14)21/h3-8,10H,1-2,9H2,(H,22,24,25). The van der Waals surface area contributed by atoms with Gasteiger partial charge in [-0.15, -0.1) is 16.9 Å². The Labute approximate surface area is 163 Å². The maximum Gasteiger partial charge on any atom is 0.322 e. The van der Waals surface area contributed by atoms with Crippen LogP contribution in [0.1, 0.15) is 12.8 Å². The van der Waals surface area contributed by atoms with Gasteiger partial charge in [0.1, 0.15) is 11.6 Å². The molecule has 0 aliphatic rings. The monoisotopic (exact) mass is 409 g/mol. The molecule has 2 aromatic carbocycles. The second kappa shape index (κ2) is 8.96. The van der Waals surface area contributed by atoms with Gasteiger partial charge >= 0.3 is 6.01 Å². The maximum atomic E-state index is 13.7. The summed E-state index contributed by atoms with van der Waals surface area (Å²) in [5.41, 5.74) is -0.0382. The fraction of sp³-hybridized carbons (Fsp3) is 0.167. The molecule has 3 aromatic rings. The molecule has 0 radical (unpaired) electrons. The molecule has 0 aliphatic heterocycles. The SMILES string of the molecule is O=C(CCCSc1ccc(Cl)cc1)Nc1nnc(-c2ccc(F)cc2F)o1. The van der Waals surface area contributed by atoms with Crippen LogP contribution in [0.5, 0.6) is 0 Å². The third kappa shape index (κ3) is 5.51. The molecule has 0 saturated carbocycles. The minimum absolute atomic E-state index is 0.0382. The number of hydrogen-bond donors (Lipinski definition) is 1. The van der Waals surface area contributed by atoms with E-state index in [9.17, 15) is 13.6 Å². The Morgan fingerprint density at radius 3 is 2.67 bits per heavy atom. The molecule has 3 rings (SSSR count). The number of carbonyl (C=O) groups excluding carboxylic acids is 1. The highest BCUT2D eigenvalue weighted by atomic mass is 35.5. The van der Waals surface area contributed by atoms with E-state index in [-0.39, 0.29) is 29.8 Å². The Balaban J connectivity index is 1.47. The van der Waals surface area contributed by atoms with Crippen molar-refractivity contribution in [3.63, 3.8) is 0 Å². The lowest BCUT2D eigenvalue weighted by Gasteiger charge is -2.02. The molecule has 140 valence electrons. The summed E-state index contributed by atoms with van der Waals surface area (Å²) < 4.78 is 31.9. The first-order valence-electron chi connectivity index (χ1n) is 7.98. The summed E-state index contributed by atoms with van der Waals surface area (Å²) in [5.74, 6) is -1.20. The maximum absolute atomic E-state index is 13.7. The van der Waals surface area contributed by atoms with Crippen LogP contribution in [0, 0.1) is 11.6 Å². The van der Waals surface area contributed by atoms with Crippen LogP contribution in [0.25, 0.3) is 11.5 Å². The molecule has 1 heterocycles. The van der Waals surface area contributed by atoms with Crippen LogP contribution in [-0.4, -0.2) is 21.9 Å². The lowest BCUT2D eigenvalue weighted by molar-refractivity contribution is -0.116. The van der Waals surface area contributed by atoms with Crippen LogP contribution in [-0.2, 0) is 4.79 Å². The molecular weight excluding hydrogens is 396 g/mol. The third-order valence-electron chi connectivity index (χ3n) is 3.46. The number of rotatable bonds is 7. The van der Waals surface area contributed by atoms with E-state index in [1.54, 1.807) is 11.8 Å². The summed E-state index contributed by atoms with van der Waals surface area (Å²) in [6, 6.07) is 10.3. The molecule has 0 fully saturated rings. The van der Waals surface area contributed by atoms with E-state index >= 15 is 0 Å². The third-order valence-corrected chi connectivity index (χ3v) is 4.81. The van der Waals surface area contributed by atoms with E-state index in [1.165, 1.54) is 6.07 Å². The summed E-state index contributed by atoms with van der Waals surface area (Å²) in [5, 5.41) is 10.5. The van der Waals surface area contributed by atoms with Gasteiger partial charge in [-0.3, -0.25) is 10.1 Å². The van der Waals surface area contributed by atoms with Crippen LogP contribution in [0.15, 0.2) is 51.8 Å². The number of nitrogens with one attached hydrogen (secondary N) is 1. The number of aromatic nitrogens is 2. The van der Waals surface area contributed by atoms with E-state index < -0.39 is 11.6 Å². The second-order valence-electron chi connectivity index (χ2n) is 5.49. The van der Waals surface area contributed by atoms with Crippen molar-refractivity contribution in [2.75, 3.05) is 11.1 Å². The van der Waals surface area contributed by atoms with Gasteiger partial charge in [-0.1, -0.05) is 16.7 Å². The van der Waals surface area contributed by atoms with E-state index in [0.717, 1.165) is 22.8 Å². The van der Waals surface area contributed by atoms with E-state index in [1.807, 2.05) is 24.3 Å². The molecule has 27 heavy (non-hydrogen) atoms. The summed E-state index contributed by atoms with van der Waals surface area (Å²) >= 11 is 7.45. The van der Waals surface area contributed by atoms with Crippen molar-refractivity contribution in [1.29, 1.82) is 0 Å². The average Bonchev–Trinajstić information content (AvgIpc) is 3.08. The van der Waals surface area contributed by atoms with Crippen LogP contribution in [0.2, 0.25) is 5.02 Å². The van der Waals surface area contributed by atoms with Crippen molar-refractivity contribution in [3.05, 3.63) is 59.1 Å². The molecule has 0 spiro atoms. The predicted octanol–water partition coefficient (Wildman–Crippen LogP) is 5.18. The van der Waals surface area contributed by atoms with Gasteiger partial charge in [0, 0.05) is 22.4 Å². The Kier molecular flexibility index (Phi) is 6.41. The summed E-state index contributed by atoms with van der Waals surface area (Å²) in [6.07, 6.45) is 0.913. The second-order valence-corrected chi connectivity index (χ2v) is 7.10. The van der Waals surface area contributed by atoms with Crippen LogP contribution < -0.4 is 5.32 Å². The first kappa shape index (κ1) is 19.3. The van der Waals surface area contributed by atoms with Gasteiger partial charge in [-0.25, -0.2) is 8.78 Å². The van der Waals surface area contributed by atoms with E-state index in [0.29, 0.717) is 11.4 Å². The smallest absolute Gasteiger partial charge is 0.322 e. The van der Waals surface area contributed by atoms with Crippen LogP contribution in [0.3, 0.4) is 0 Å². The van der Waals surface area contributed by atoms with Gasteiger partial charge in [0.15, 0.2) is 0 Å². The largest absolute Gasteiger partial charge is 0.403 e. The number of halogens is 3. The molecule has 0 aliphatic carbocycles. The van der Waals surface area contributed by atoms with Crippen LogP contribution in [0.4, 0.5) is 14.8 Å². The molecule has 0 atom stereocenters. The van der Waals surface area contributed by atoms with E-state index in [4.69, 9.17) is 16.0 Å². The van der Waals surface area contributed by atoms with Crippen LogP contribution >= 0.6 is 23.4 Å². The highest BCUT2D eigenvalue weighted by Crippen LogP contribution is 2.24. The molecule has 1 N–H and O–H groups in total. The lowest BCUT2D eigenvalue weighted by Crippen LogP contribution is -2.11. The highest BCUT2D eigenvalue weighted by Gasteiger charge is 2.15. The van der Waals surface area contributed by atoms with Gasteiger partial charge in [0.25, 0.3) is 5.89 Å². The molecule has 5 nitrogen and oxygen atoms in total. The van der Waals surface area contributed by atoms with Crippen molar-refractivity contribution >= 4 is 35.3 Å². The van der Waals surface area contributed by atoms with Gasteiger partial charge in [0.05, 0.1) is 5.56 Å². The van der Waals surface area contributed by atoms with Gasteiger partial charge < -0.3 is 4.42 Å². The Hall–Kier alpha value is -2.45. The van der Waals surface area contributed by atoms with Crippen molar-refractivity contribution in [2.45, 2.75) is 17.7 Å². The Morgan fingerprint density at radius 1 is 1.15 bits per heavy atom. The molecule has 9 heteroatoms. The normalized spacial score (nSPS) is 10.8. The molecular formula is C18H14ClF2N3O2S. The zero-order valence-electron chi connectivity index (χ0n) is 13.9. The summed E-state index contributed by atoms with van der Waals surface area (Å²) in [6.45, 7) is 0.